The van der Waals surface area contributed by atoms with Crippen LogP contribution in [0.3, 0.4) is 0 Å². The number of hydrogen-bond donors (Lipinski definition) is 1. The molecule has 1 unspecified atom stereocenters. The van der Waals surface area contributed by atoms with Crippen molar-refractivity contribution in [2.45, 2.75) is 45.6 Å². The number of carbonyl (C=O) groups is 1. The first kappa shape index (κ1) is 18.2. The van der Waals surface area contributed by atoms with Crippen LogP contribution in [0, 0.1) is 6.92 Å². The van der Waals surface area contributed by atoms with Gasteiger partial charge in [0.05, 0.1) is 7.11 Å². The van der Waals surface area contributed by atoms with Crippen LogP contribution in [0.4, 0.5) is 11.6 Å². The molecule has 2 aromatic rings. The fourth-order valence-electron chi connectivity index (χ4n) is 3.38. The zero-order chi connectivity index (χ0) is 18.5. The van der Waals surface area contributed by atoms with Crippen LogP contribution in [0.2, 0.25) is 0 Å². The van der Waals surface area contributed by atoms with E-state index in [-0.39, 0.29) is 5.91 Å². The van der Waals surface area contributed by atoms with Gasteiger partial charge in [0.25, 0.3) is 5.91 Å². The number of nitrogens with one attached hydrogen (secondary N) is 1. The van der Waals surface area contributed by atoms with Crippen molar-refractivity contribution in [2.24, 2.45) is 0 Å². The van der Waals surface area contributed by atoms with Crippen molar-refractivity contribution < 1.29 is 9.53 Å². The van der Waals surface area contributed by atoms with E-state index in [0.29, 0.717) is 29.1 Å². The highest BCUT2D eigenvalue weighted by atomic mass is 16.5. The van der Waals surface area contributed by atoms with E-state index in [1.165, 1.54) is 6.42 Å². The fourth-order valence-corrected chi connectivity index (χ4v) is 3.38. The largest absolute Gasteiger partial charge is 0.497 e. The number of carbonyl (C=O) groups excluding carboxylic acids is 1. The van der Waals surface area contributed by atoms with Crippen molar-refractivity contribution in [3.63, 3.8) is 0 Å². The minimum absolute atomic E-state index is 0.241. The molecule has 1 aromatic carbocycles. The Bertz CT molecular complexity index is 778. The molecule has 1 amide bonds. The molecule has 1 saturated heterocycles. The smallest absolute Gasteiger partial charge is 0.274 e. The molecule has 26 heavy (non-hydrogen) atoms. The number of aromatic nitrogens is 2. The maximum absolute atomic E-state index is 12.7. The zero-order valence-electron chi connectivity index (χ0n) is 15.7. The average molecular weight is 354 g/mol. The van der Waals surface area contributed by atoms with Crippen LogP contribution in [0.25, 0.3) is 0 Å². The van der Waals surface area contributed by atoms with E-state index in [4.69, 9.17) is 4.74 Å². The molecule has 0 aliphatic carbocycles. The molecule has 6 heteroatoms. The standard InChI is InChI=1S/C20H26N4O2/c1-4-16-9-5-6-11-24(16)20-21-14(2)12-18(23-20)19(25)22-15-8-7-10-17(13-15)26-3/h7-8,10,12-13,16H,4-6,9,11H2,1-3H3,(H,22,25). The van der Waals surface area contributed by atoms with Gasteiger partial charge in [-0.25, -0.2) is 9.97 Å². The molecule has 0 bridgehead atoms. The Balaban J connectivity index is 1.83. The Morgan fingerprint density at radius 1 is 1.31 bits per heavy atom. The number of hydrogen-bond acceptors (Lipinski definition) is 5. The molecule has 1 aliphatic heterocycles. The molecule has 1 aliphatic rings. The quantitative estimate of drug-likeness (QED) is 0.884. The molecular weight excluding hydrogens is 328 g/mol. The maximum atomic E-state index is 12.7. The van der Waals surface area contributed by atoms with Gasteiger partial charge in [-0.15, -0.1) is 0 Å². The molecule has 0 spiro atoms. The number of benzene rings is 1. The maximum Gasteiger partial charge on any atom is 0.274 e. The Kier molecular flexibility index (Phi) is 5.71. The van der Waals surface area contributed by atoms with Gasteiger partial charge in [0.2, 0.25) is 5.95 Å². The Morgan fingerprint density at radius 3 is 2.92 bits per heavy atom. The van der Waals surface area contributed by atoms with Crippen molar-refractivity contribution in [2.75, 3.05) is 23.9 Å². The van der Waals surface area contributed by atoms with Gasteiger partial charge in [0.15, 0.2) is 0 Å². The molecule has 0 saturated carbocycles. The van der Waals surface area contributed by atoms with Crippen LogP contribution in [-0.4, -0.2) is 35.6 Å². The predicted octanol–water partition coefficient (Wildman–Crippen LogP) is 3.81. The van der Waals surface area contributed by atoms with Crippen LogP contribution < -0.4 is 15.0 Å². The Hall–Kier alpha value is -2.63. The molecule has 1 N–H and O–H groups in total. The number of piperidine rings is 1. The number of anilines is 2. The summed E-state index contributed by atoms with van der Waals surface area (Å²) in [6.45, 7) is 5.03. The third-order valence-electron chi connectivity index (χ3n) is 4.76. The Morgan fingerprint density at radius 2 is 2.15 bits per heavy atom. The van der Waals surface area contributed by atoms with Crippen molar-refractivity contribution in [1.82, 2.24) is 9.97 Å². The summed E-state index contributed by atoms with van der Waals surface area (Å²) >= 11 is 0. The van der Waals surface area contributed by atoms with Gasteiger partial charge in [-0.2, -0.15) is 0 Å². The van der Waals surface area contributed by atoms with Gasteiger partial charge < -0.3 is 15.0 Å². The van der Waals surface area contributed by atoms with E-state index in [1.807, 2.05) is 25.1 Å². The minimum atomic E-state index is -0.241. The van der Waals surface area contributed by atoms with Crippen LogP contribution >= 0.6 is 0 Å². The van der Waals surface area contributed by atoms with E-state index < -0.39 is 0 Å². The van der Waals surface area contributed by atoms with E-state index >= 15 is 0 Å². The topological polar surface area (TPSA) is 67.4 Å². The number of methoxy groups -OCH3 is 1. The number of ether oxygens (including phenoxy) is 1. The lowest BCUT2D eigenvalue weighted by molar-refractivity contribution is 0.102. The van der Waals surface area contributed by atoms with Gasteiger partial charge in [0.1, 0.15) is 11.4 Å². The van der Waals surface area contributed by atoms with E-state index in [2.05, 4.69) is 27.1 Å². The lowest BCUT2D eigenvalue weighted by atomic mass is 10.0. The molecule has 6 nitrogen and oxygen atoms in total. The first-order valence-electron chi connectivity index (χ1n) is 9.18. The average Bonchev–Trinajstić information content (AvgIpc) is 2.67. The van der Waals surface area contributed by atoms with Gasteiger partial charge in [0, 0.05) is 30.0 Å². The van der Waals surface area contributed by atoms with Crippen molar-refractivity contribution in [3.05, 3.63) is 41.7 Å². The molecule has 138 valence electrons. The summed E-state index contributed by atoms with van der Waals surface area (Å²) in [5.74, 6) is 1.11. The van der Waals surface area contributed by atoms with Gasteiger partial charge >= 0.3 is 0 Å². The third kappa shape index (κ3) is 4.12. The number of amides is 1. The Labute approximate surface area is 154 Å². The van der Waals surface area contributed by atoms with E-state index in [9.17, 15) is 4.79 Å². The van der Waals surface area contributed by atoms with Crippen LogP contribution in [0.15, 0.2) is 30.3 Å². The monoisotopic (exact) mass is 354 g/mol. The molecule has 1 fully saturated rings. The fraction of sp³-hybridized carbons (Fsp3) is 0.450. The first-order chi connectivity index (χ1) is 12.6. The zero-order valence-corrected chi connectivity index (χ0v) is 15.7. The number of nitrogens with zero attached hydrogens (tertiary/aromatic N) is 3. The third-order valence-corrected chi connectivity index (χ3v) is 4.76. The normalized spacial score (nSPS) is 17.0. The predicted molar refractivity (Wildman–Crippen MR) is 103 cm³/mol. The molecule has 3 rings (SSSR count). The summed E-state index contributed by atoms with van der Waals surface area (Å²) in [4.78, 5) is 24.1. The van der Waals surface area contributed by atoms with Crippen LogP contribution in [-0.2, 0) is 0 Å². The lowest BCUT2D eigenvalue weighted by Gasteiger charge is -2.35. The molecule has 1 aromatic heterocycles. The highest BCUT2D eigenvalue weighted by molar-refractivity contribution is 6.03. The molecule has 2 heterocycles. The van der Waals surface area contributed by atoms with E-state index in [1.54, 1.807) is 19.2 Å². The van der Waals surface area contributed by atoms with Crippen molar-refractivity contribution in [3.8, 4) is 5.75 Å². The second-order valence-electron chi connectivity index (χ2n) is 6.63. The second-order valence-corrected chi connectivity index (χ2v) is 6.63. The summed E-state index contributed by atoms with van der Waals surface area (Å²) in [5.41, 5.74) is 1.86. The molecule has 1 atom stereocenters. The molecular formula is C20H26N4O2. The van der Waals surface area contributed by atoms with Gasteiger partial charge in [-0.3, -0.25) is 4.79 Å². The summed E-state index contributed by atoms with van der Waals surface area (Å²) < 4.78 is 5.20. The lowest BCUT2D eigenvalue weighted by Crippen LogP contribution is -2.40. The SMILES string of the molecule is CCC1CCCCN1c1nc(C)cc(C(=O)Nc2cccc(OC)c2)n1. The van der Waals surface area contributed by atoms with E-state index in [0.717, 1.165) is 31.5 Å². The summed E-state index contributed by atoms with van der Waals surface area (Å²) in [6.07, 6.45) is 4.59. The summed E-state index contributed by atoms with van der Waals surface area (Å²) in [6, 6.07) is 9.45. The highest BCUT2D eigenvalue weighted by Gasteiger charge is 2.24. The number of aryl methyl sites for hydroxylation is 1. The summed E-state index contributed by atoms with van der Waals surface area (Å²) in [7, 11) is 1.60. The molecule has 0 radical (unpaired) electrons. The van der Waals surface area contributed by atoms with Crippen LogP contribution in [0.5, 0.6) is 5.75 Å². The first-order valence-corrected chi connectivity index (χ1v) is 9.18. The summed E-state index contributed by atoms with van der Waals surface area (Å²) in [5, 5.41) is 2.89. The van der Waals surface area contributed by atoms with Crippen LogP contribution in [0.1, 0.15) is 48.8 Å². The van der Waals surface area contributed by atoms with Gasteiger partial charge in [-0.05, 0) is 50.8 Å². The second kappa shape index (κ2) is 8.17. The highest BCUT2D eigenvalue weighted by Crippen LogP contribution is 2.24. The minimum Gasteiger partial charge on any atom is -0.497 e. The van der Waals surface area contributed by atoms with Crippen molar-refractivity contribution in [1.29, 1.82) is 0 Å². The van der Waals surface area contributed by atoms with Crippen molar-refractivity contribution >= 4 is 17.5 Å². The van der Waals surface area contributed by atoms with Gasteiger partial charge in [-0.1, -0.05) is 13.0 Å². The number of rotatable bonds is 5.